The topological polar surface area (TPSA) is 118 Å². The van der Waals surface area contributed by atoms with E-state index < -0.39 is 24.0 Å². The molecule has 0 aromatic heterocycles. The first kappa shape index (κ1) is 37.0. The monoisotopic (exact) mass is 726 g/mol. The van der Waals surface area contributed by atoms with Crippen molar-refractivity contribution >= 4 is 88.6 Å². The Labute approximate surface area is 319 Å². The molecule has 1 fully saturated rings. The smallest absolute Gasteiger partial charge is 0.0563 e. The molecule has 1 aliphatic rings. The second-order valence-electron chi connectivity index (χ2n) is 16.1. The van der Waals surface area contributed by atoms with Crippen LogP contribution in [0.2, 0.25) is 0 Å². The summed E-state index contributed by atoms with van der Waals surface area (Å²) in [5, 5.41) is 38.0. The molecular formula is C44H54N8O2-2. The Morgan fingerprint density at radius 2 is 0.704 bits per heavy atom. The summed E-state index contributed by atoms with van der Waals surface area (Å²) in [4.78, 5) is 12.6. The highest BCUT2D eigenvalue weighted by Crippen LogP contribution is 2.58. The highest BCUT2D eigenvalue weighted by Gasteiger charge is 2.43. The number of rotatable bonds is 8. The predicted molar refractivity (Wildman–Crippen MR) is 231 cm³/mol. The van der Waals surface area contributed by atoms with Gasteiger partial charge in [0.1, 0.15) is 0 Å². The zero-order chi connectivity index (χ0) is 39.2. The van der Waals surface area contributed by atoms with Crippen LogP contribution in [0.5, 0.6) is 0 Å². The van der Waals surface area contributed by atoms with Crippen LogP contribution in [-0.2, 0) is 0 Å². The summed E-state index contributed by atoms with van der Waals surface area (Å²) in [5.74, 6) is -1.72. The van der Waals surface area contributed by atoms with Crippen LogP contribution in [-0.4, -0.2) is 96.8 Å². The van der Waals surface area contributed by atoms with Crippen molar-refractivity contribution in [1.82, 2.24) is 0 Å². The number of nitrogens with zero attached hydrogens (tertiary/aromatic N) is 6. The lowest BCUT2D eigenvalue weighted by Gasteiger charge is -2.62. The maximum Gasteiger partial charge on any atom is 0.0563 e. The van der Waals surface area contributed by atoms with E-state index in [1.54, 1.807) is 0 Å². The van der Waals surface area contributed by atoms with Crippen LogP contribution >= 0.6 is 0 Å². The summed E-state index contributed by atoms with van der Waals surface area (Å²) in [5.41, 5.74) is 22.4. The first-order valence-corrected chi connectivity index (χ1v) is 18.5. The lowest BCUT2D eigenvalue weighted by Crippen LogP contribution is -2.63. The number of anilines is 8. The molecule has 0 unspecified atom stereocenters. The average molecular weight is 727 g/mol. The second kappa shape index (κ2) is 13.2. The van der Waals surface area contributed by atoms with Gasteiger partial charge < -0.3 is 51.1 Å². The molecule has 0 atom stereocenters. The van der Waals surface area contributed by atoms with Crippen molar-refractivity contribution < 1.29 is 10.2 Å². The highest BCUT2D eigenvalue weighted by molar-refractivity contribution is 6.26. The van der Waals surface area contributed by atoms with E-state index in [1.165, 1.54) is 0 Å². The molecule has 54 heavy (non-hydrogen) atoms. The van der Waals surface area contributed by atoms with Crippen LogP contribution in [0.1, 0.15) is 23.0 Å². The zero-order valence-corrected chi connectivity index (χ0v) is 33.7. The van der Waals surface area contributed by atoms with Gasteiger partial charge >= 0.3 is 0 Å². The van der Waals surface area contributed by atoms with E-state index in [0.717, 1.165) is 88.3 Å². The standard InChI is InChI=1S/C44H54N8O2/c1-47(2)27-17-13-15-23-31(27)41(51(9)10)37-29(49(5)6)21-19-25(45)35(37)33(23)39-43(53)40(44(39)54)34-24-16-14-18-28(48(3)4)32(24)42(52(11)12)38-30(50(7)8)22-20-26(46)36(34)38/h13-22,39-40,43-44H,45-46H2,1-12H3/q-2. The third kappa shape index (κ3) is 5.21. The Morgan fingerprint density at radius 3 is 1.00 bits per heavy atom. The van der Waals surface area contributed by atoms with Gasteiger partial charge in [0.05, 0.1) is 11.4 Å². The van der Waals surface area contributed by atoms with E-state index in [9.17, 15) is 0 Å². The summed E-state index contributed by atoms with van der Waals surface area (Å²) < 4.78 is 0. The van der Waals surface area contributed by atoms with Crippen molar-refractivity contribution in [1.29, 1.82) is 0 Å². The van der Waals surface area contributed by atoms with Gasteiger partial charge in [0.2, 0.25) is 0 Å². The van der Waals surface area contributed by atoms with Gasteiger partial charge in [-0.15, -0.1) is 12.2 Å². The van der Waals surface area contributed by atoms with Gasteiger partial charge in [-0.25, -0.2) is 0 Å². The number of hydrogen-bond acceptors (Lipinski definition) is 10. The molecule has 0 radical (unpaired) electrons. The fourth-order valence-electron chi connectivity index (χ4n) is 9.23. The van der Waals surface area contributed by atoms with E-state index in [2.05, 4.69) is 53.7 Å². The minimum absolute atomic E-state index is 0.551. The number of nitrogen functional groups attached to an aromatic ring is 2. The van der Waals surface area contributed by atoms with Crippen molar-refractivity contribution in [2.24, 2.45) is 0 Å². The lowest BCUT2D eigenvalue weighted by atomic mass is 9.60. The van der Waals surface area contributed by atoms with Crippen LogP contribution < -0.4 is 51.1 Å². The summed E-state index contributed by atoms with van der Waals surface area (Å²) in [6, 6.07) is 20.2. The van der Waals surface area contributed by atoms with E-state index in [4.69, 9.17) is 11.5 Å². The number of fused-ring (bicyclic) bond motifs is 4. The van der Waals surface area contributed by atoms with Gasteiger partial charge in [-0.1, -0.05) is 24.3 Å². The van der Waals surface area contributed by atoms with Gasteiger partial charge in [0, 0.05) is 151 Å². The highest BCUT2D eigenvalue weighted by atomic mass is 16.3. The number of nitrogens with two attached hydrogens (primary N) is 2. The molecule has 10 heteroatoms. The van der Waals surface area contributed by atoms with E-state index in [-0.39, 0.29) is 0 Å². The SMILES string of the molecule is CN(C)c1cccc2c(C3C([O-])C(c4c5cccc(N(C)C)c5c(N(C)C)c5c(N(C)C)ccc(N)c45)C3[O-])c3c(N)ccc(N(C)C)c3c(N(C)C)c12. The molecule has 0 saturated heterocycles. The van der Waals surface area contributed by atoms with Crippen molar-refractivity contribution in [2.75, 3.05) is 125 Å². The summed E-state index contributed by atoms with van der Waals surface area (Å²) in [6.45, 7) is 0. The molecule has 7 rings (SSSR count). The zero-order valence-electron chi connectivity index (χ0n) is 33.7. The molecule has 284 valence electrons. The van der Waals surface area contributed by atoms with Crippen molar-refractivity contribution in [3.05, 3.63) is 71.8 Å². The molecule has 10 nitrogen and oxygen atoms in total. The number of hydrogen-bond donors (Lipinski definition) is 2. The molecule has 6 aromatic rings. The minimum atomic E-state index is -1.27. The van der Waals surface area contributed by atoms with Crippen molar-refractivity contribution in [3.63, 3.8) is 0 Å². The van der Waals surface area contributed by atoms with Gasteiger partial charge in [-0.2, -0.15) is 0 Å². The van der Waals surface area contributed by atoms with Crippen LogP contribution in [0.25, 0.3) is 43.1 Å². The lowest BCUT2D eigenvalue weighted by molar-refractivity contribution is -0.535. The average Bonchev–Trinajstić information content (AvgIpc) is 3.10. The van der Waals surface area contributed by atoms with E-state index in [0.29, 0.717) is 11.4 Å². The van der Waals surface area contributed by atoms with Gasteiger partial charge in [-0.05, 0) is 70.1 Å². The van der Waals surface area contributed by atoms with Crippen LogP contribution in [0.3, 0.4) is 0 Å². The predicted octanol–water partition coefficient (Wildman–Crippen LogP) is 5.20. The molecular weight excluding hydrogens is 673 g/mol. The molecule has 0 amide bonds. The van der Waals surface area contributed by atoms with Crippen LogP contribution in [0.4, 0.5) is 45.5 Å². The van der Waals surface area contributed by atoms with Crippen molar-refractivity contribution in [3.8, 4) is 0 Å². The number of benzene rings is 6. The fourth-order valence-corrected chi connectivity index (χ4v) is 9.23. The fraction of sp³-hybridized carbons (Fsp3) is 0.364. The van der Waals surface area contributed by atoms with Gasteiger partial charge in [-0.3, -0.25) is 0 Å². The molecule has 4 N–H and O–H groups in total. The van der Waals surface area contributed by atoms with Crippen LogP contribution in [0.15, 0.2) is 60.7 Å². The Hall–Kier alpha value is -5.32. The first-order valence-electron chi connectivity index (χ1n) is 18.5. The molecule has 0 aliphatic heterocycles. The third-order valence-corrected chi connectivity index (χ3v) is 11.5. The molecule has 6 aromatic carbocycles. The molecule has 0 heterocycles. The first-order chi connectivity index (χ1) is 25.5. The molecule has 1 aliphatic carbocycles. The second-order valence-corrected chi connectivity index (χ2v) is 16.1. The van der Waals surface area contributed by atoms with Gasteiger partial charge in [0.25, 0.3) is 0 Å². The Balaban J connectivity index is 1.61. The largest absolute Gasteiger partial charge is 0.851 e. The van der Waals surface area contributed by atoms with E-state index >= 15 is 10.2 Å². The minimum Gasteiger partial charge on any atom is -0.851 e. The van der Waals surface area contributed by atoms with Crippen LogP contribution in [0, 0.1) is 0 Å². The molecule has 0 bridgehead atoms. The Bertz CT molecular complexity index is 2270. The van der Waals surface area contributed by atoms with E-state index in [1.807, 2.05) is 121 Å². The molecule has 1 saturated carbocycles. The summed E-state index contributed by atoms with van der Waals surface area (Å²) >= 11 is 0. The maximum absolute atomic E-state index is 15.4. The Morgan fingerprint density at radius 1 is 0.389 bits per heavy atom. The Kier molecular flexibility index (Phi) is 9.06. The summed E-state index contributed by atoms with van der Waals surface area (Å²) in [7, 11) is 24.3. The van der Waals surface area contributed by atoms with Crippen molar-refractivity contribution in [2.45, 2.75) is 24.0 Å². The normalized spacial score (nSPS) is 18.3. The van der Waals surface area contributed by atoms with Gasteiger partial charge in [0.15, 0.2) is 0 Å². The summed E-state index contributed by atoms with van der Waals surface area (Å²) in [6.07, 6.45) is -2.53. The maximum atomic E-state index is 15.4. The molecule has 0 spiro atoms. The quantitative estimate of drug-likeness (QED) is 0.160. The third-order valence-electron chi connectivity index (χ3n) is 11.5.